The van der Waals surface area contributed by atoms with Gasteiger partial charge < -0.3 is 9.80 Å². The van der Waals surface area contributed by atoms with Crippen molar-refractivity contribution < 1.29 is 0 Å². The Bertz CT molecular complexity index is 207. The molecule has 114 valence electrons. The first-order valence-electron chi connectivity index (χ1n) is 8.52. The van der Waals surface area contributed by atoms with Crippen molar-refractivity contribution in [2.45, 2.75) is 71.8 Å². The normalized spacial score (nSPS) is 18.6. The van der Waals surface area contributed by atoms with E-state index in [9.17, 15) is 0 Å². The smallest absolute Gasteiger partial charge is 0.00355 e. The highest BCUT2D eigenvalue weighted by atomic mass is 15.1. The fourth-order valence-electron chi connectivity index (χ4n) is 2.77. The molecule has 0 N–H and O–H groups in total. The highest BCUT2D eigenvalue weighted by molar-refractivity contribution is 4.69. The van der Waals surface area contributed by atoms with E-state index in [1.165, 1.54) is 71.1 Å². The molecule has 1 aliphatic heterocycles. The molecule has 2 heteroatoms. The molecule has 0 aromatic carbocycles. The lowest BCUT2D eigenvalue weighted by atomic mass is 9.99. The first-order valence-corrected chi connectivity index (χ1v) is 8.52. The predicted octanol–water partition coefficient (Wildman–Crippen LogP) is 4.01. The fraction of sp³-hybridized carbons (Fsp3) is 1.00. The molecule has 0 aromatic heterocycles. The maximum Gasteiger partial charge on any atom is 0.00355 e. The first-order chi connectivity index (χ1) is 9.09. The van der Waals surface area contributed by atoms with Crippen molar-refractivity contribution in [3.05, 3.63) is 0 Å². The molecule has 0 saturated carbocycles. The number of unbranched alkanes of at least 4 members (excludes halogenated alkanes) is 4. The van der Waals surface area contributed by atoms with Gasteiger partial charge >= 0.3 is 0 Å². The van der Waals surface area contributed by atoms with Crippen LogP contribution in [-0.2, 0) is 0 Å². The molecule has 1 aliphatic rings. The molecule has 0 radical (unpaired) electrons. The van der Waals surface area contributed by atoms with Crippen LogP contribution in [0.3, 0.4) is 0 Å². The molecule has 0 spiro atoms. The SMILES string of the molecule is CC1CCN(CCCCCCCN(C)C(C)C)CC1. The van der Waals surface area contributed by atoms with E-state index in [2.05, 4.69) is 37.6 Å². The van der Waals surface area contributed by atoms with Gasteiger partial charge in [0.05, 0.1) is 0 Å². The van der Waals surface area contributed by atoms with Gasteiger partial charge in [-0.05, 0) is 78.7 Å². The lowest BCUT2D eigenvalue weighted by Crippen LogP contribution is -2.33. The summed E-state index contributed by atoms with van der Waals surface area (Å²) in [6.07, 6.45) is 9.88. The third kappa shape index (κ3) is 7.94. The van der Waals surface area contributed by atoms with E-state index in [1.807, 2.05) is 0 Å². The van der Waals surface area contributed by atoms with Crippen molar-refractivity contribution >= 4 is 0 Å². The predicted molar refractivity (Wildman–Crippen MR) is 85.7 cm³/mol. The molecule has 0 amide bonds. The van der Waals surface area contributed by atoms with Crippen LogP contribution < -0.4 is 0 Å². The number of nitrogens with zero attached hydrogens (tertiary/aromatic N) is 2. The van der Waals surface area contributed by atoms with Gasteiger partial charge in [0.15, 0.2) is 0 Å². The number of likely N-dealkylation sites (tertiary alicyclic amines) is 1. The molecule has 1 saturated heterocycles. The Labute approximate surface area is 121 Å². The van der Waals surface area contributed by atoms with Crippen LogP contribution in [0.5, 0.6) is 0 Å². The van der Waals surface area contributed by atoms with Gasteiger partial charge in [0.2, 0.25) is 0 Å². The molecule has 0 bridgehead atoms. The largest absolute Gasteiger partial charge is 0.304 e. The lowest BCUT2D eigenvalue weighted by molar-refractivity contribution is 0.189. The van der Waals surface area contributed by atoms with Gasteiger partial charge in [-0.1, -0.05) is 26.2 Å². The summed E-state index contributed by atoms with van der Waals surface area (Å²) in [7, 11) is 2.24. The Hall–Kier alpha value is -0.0800. The standard InChI is InChI=1S/C17H36N2/c1-16(2)18(4)12-8-6-5-7-9-13-19-14-10-17(3)11-15-19/h16-17H,5-15H2,1-4H3. The van der Waals surface area contributed by atoms with Crippen LogP contribution in [0.25, 0.3) is 0 Å². The summed E-state index contributed by atoms with van der Waals surface area (Å²) < 4.78 is 0. The van der Waals surface area contributed by atoms with Crippen LogP contribution in [0.2, 0.25) is 0 Å². The molecule has 0 aromatic rings. The zero-order chi connectivity index (χ0) is 14.1. The third-order valence-electron chi connectivity index (χ3n) is 4.74. The van der Waals surface area contributed by atoms with Crippen molar-refractivity contribution in [2.24, 2.45) is 5.92 Å². The summed E-state index contributed by atoms with van der Waals surface area (Å²) in [6, 6.07) is 0.696. The molecular formula is C17H36N2. The van der Waals surface area contributed by atoms with Gasteiger partial charge in [-0.3, -0.25) is 0 Å². The topological polar surface area (TPSA) is 6.48 Å². The van der Waals surface area contributed by atoms with Gasteiger partial charge in [-0.15, -0.1) is 0 Å². The van der Waals surface area contributed by atoms with Crippen molar-refractivity contribution in [2.75, 3.05) is 33.2 Å². The molecule has 2 nitrogen and oxygen atoms in total. The summed E-state index contributed by atoms with van der Waals surface area (Å²) in [5, 5.41) is 0. The first kappa shape index (κ1) is 17.0. The molecule has 1 fully saturated rings. The van der Waals surface area contributed by atoms with E-state index in [4.69, 9.17) is 0 Å². The van der Waals surface area contributed by atoms with Crippen LogP contribution in [0.1, 0.15) is 65.7 Å². The average Bonchev–Trinajstić information content (AvgIpc) is 2.39. The monoisotopic (exact) mass is 268 g/mol. The summed E-state index contributed by atoms with van der Waals surface area (Å²) in [5.74, 6) is 0.967. The minimum Gasteiger partial charge on any atom is -0.304 e. The zero-order valence-corrected chi connectivity index (χ0v) is 13.8. The van der Waals surface area contributed by atoms with Crippen molar-refractivity contribution in [1.29, 1.82) is 0 Å². The van der Waals surface area contributed by atoms with Crippen molar-refractivity contribution in [3.8, 4) is 0 Å². The summed E-state index contributed by atoms with van der Waals surface area (Å²) >= 11 is 0. The lowest BCUT2D eigenvalue weighted by Gasteiger charge is -2.30. The number of piperidine rings is 1. The maximum absolute atomic E-state index is 2.67. The second-order valence-electron chi connectivity index (χ2n) is 6.87. The Morgan fingerprint density at radius 1 is 1.00 bits per heavy atom. The molecule has 1 heterocycles. The highest BCUT2D eigenvalue weighted by Gasteiger charge is 2.14. The van der Waals surface area contributed by atoms with Gasteiger partial charge in [0.1, 0.15) is 0 Å². The van der Waals surface area contributed by atoms with Crippen molar-refractivity contribution in [1.82, 2.24) is 9.80 Å². The molecule has 19 heavy (non-hydrogen) atoms. The maximum atomic E-state index is 2.67. The zero-order valence-electron chi connectivity index (χ0n) is 13.8. The summed E-state index contributed by atoms with van der Waals surface area (Å²) in [4.78, 5) is 5.13. The second-order valence-corrected chi connectivity index (χ2v) is 6.87. The Morgan fingerprint density at radius 3 is 2.21 bits per heavy atom. The number of hydrogen-bond donors (Lipinski definition) is 0. The Morgan fingerprint density at radius 2 is 1.58 bits per heavy atom. The van der Waals surface area contributed by atoms with Gasteiger partial charge in [0, 0.05) is 6.04 Å². The number of rotatable bonds is 9. The fourth-order valence-corrected chi connectivity index (χ4v) is 2.77. The van der Waals surface area contributed by atoms with E-state index < -0.39 is 0 Å². The van der Waals surface area contributed by atoms with Crippen LogP contribution >= 0.6 is 0 Å². The van der Waals surface area contributed by atoms with Crippen LogP contribution in [0.4, 0.5) is 0 Å². The minimum absolute atomic E-state index is 0.696. The summed E-state index contributed by atoms with van der Waals surface area (Å²) in [5.41, 5.74) is 0. The molecule has 0 unspecified atom stereocenters. The second kappa shape index (κ2) is 9.77. The molecular weight excluding hydrogens is 232 g/mol. The Balaban J connectivity index is 1.86. The third-order valence-corrected chi connectivity index (χ3v) is 4.74. The average molecular weight is 268 g/mol. The molecule has 0 aliphatic carbocycles. The van der Waals surface area contributed by atoms with Crippen molar-refractivity contribution in [3.63, 3.8) is 0 Å². The van der Waals surface area contributed by atoms with E-state index in [0.717, 1.165) is 5.92 Å². The highest BCUT2D eigenvalue weighted by Crippen LogP contribution is 2.16. The molecule has 1 rings (SSSR count). The van der Waals surface area contributed by atoms with Gasteiger partial charge in [-0.25, -0.2) is 0 Å². The molecule has 0 atom stereocenters. The minimum atomic E-state index is 0.696. The van der Waals surface area contributed by atoms with Crippen LogP contribution in [-0.4, -0.2) is 49.1 Å². The summed E-state index contributed by atoms with van der Waals surface area (Å²) in [6.45, 7) is 12.3. The van der Waals surface area contributed by atoms with E-state index >= 15 is 0 Å². The Kier molecular flexibility index (Phi) is 8.72. The van der Waals surface area contributed by atoms with Gasteiger partial charge in [-0.2, -0.15) is 0 Å². The quantitative estimate of drug-likeness (QED) is 0.583. The number of hydrogen-bond acceptors (Lipinski definition) is 2. The van der Waals surface area contributed by atoms with Crippen LogP contribution in [0, 0.1) is 5.92 Å². The van der Waals surface area contributed by atoms with Gasteiger partial charge in [0.25, 0.3) is 0 Å². The van der Waals surface area contributed by atoms with Crippen LogP contribution in [0.15, 0.2) is 0 Å². The van der Waals surface area contributed by atoms with E-state index in [-0.39, 0.29) is 0 Å². The van der Waals surface area contributed by atoms with E-state index in [1.54, 1.807) is 0 Å². The van der Waals surface area contributed by atoms with E-state index in [0.29, 0.717) is 6.04 Å².